The van der Waals surface area contributed by atoms with Gasteiger partial charge in [0.2, 0.25) is 10.0 Å². The van der Waals surface area contributed by atoms with Gasteiger partial charge in [0.1, 0.15) is 5.75 Å². The molecule has 3 rings (SSSR count). The minimum absolute atomic E-state index is 0.00283. The van der Waals surface area contributed by atoms with Crippen molar-refractivity contribution in [2.45, 2.75) is 18.7 Å². The summed E-state index contributed by atoms with van der Waals surface area (Å²) in [5.74, 6) is -0.353. The molecule has 0 fully saturated rings. The Kier molecular flexibility index (Phi) is 6.03. The van der Waals surface area contributed by atoms with Crippen LogP contribution in [0.25, 0.3) is 10.8 Å². The van der Waals surface area contributed by atoms with Crippen molar-refractivity contribution in [3.8, 4) is 5.75 Å². The van der Waals surface area contributed by atoms with E-state index in [-0.39, 0.29) is 15.5 Å². The molecule has 0 aliphatic heterocycles. The number of esters is 1. The fraction of sp³-hybridized carbons (Fsp3) is 0.190. The van der Waals surface area contributed by atoms with Crippen molar-refractivity contribution in [1.82, 2.24) is 4.31 Å². The van der Waals surface area contributed by atoms with Crippen LogP contribution in [0, 0.1) is 0 Å². The molecule has 0 unspecified atom stereocenters. The minimum atomic E-state index is -3.71. The Balaban J connectivity index is 1.92. The van der Waals surface area contributed by atoms with E-state index in [0.29, 0.717) is 18.8 Å². The van der Waals surface area contributed by atoms with Gasteiger partial charge < -0.3 is 4.74 Å². The summed E-state index contributed by atoms with van der Waals surface area (Å²) in [6.07, 6.45) is 0. The maximum absolute atomic E-state index is 12.7. The van der Waals surface area contributed by atoms with Crippen molar-refractivity contribution in [3.05, 3.63) is 71.2 Å². The highest BCUT2D eigenvalue weighted by molar-refractivity contribution is 7.89. The summed E-state index contributed by atoms with van der Waals surface area (Å²) in [5.41, 5.74) is 0.00283. The van der Waals surface area contributed by atoms with E-state index in [0.717, 1.165) is 10.8 Å². The fourth-order valence-corrected chi connectivity index (χ4v) is 4.61. The largest absolute Gasteiger partial charge is 0.423 e. The molecule has 3 aromatic carbocycles. The Morgan fingerprint density at radius 2 is 1.64 bits per heavy atom. The van der Waals surface area contributed by atoms with E-state index >= 15 is 0 Å². The average molecular weight is 418 g/mol. The molecule has 7 heteroatoms. The minimum Gasteiger partial charge on any atom is -0.423 e. The highest BCUT2D eigenvalue weighted by Gasteiger charge is 2.24. The van der Waals surface area contributed by atoms with Crippen molar-refractivity contribution in [2.75, 3.05) is 13.1 Å². The number of halogens is 1. The molecule has 0 N–H and O–H groups in total. The second-order valence-electron chi connectivity index (χ2n) is 6.13. The van der Waals surface area contributed by atoms with Gasteiger partial charge in [-0.2, -0.15) is 4.31 Å². The number of fused-ring (bicyclic) bond motifs is 1. The third kappa shape index (κ3) is 4.04. The number of sulfonamides is 1. The van der Waals surface area contributed by atoms with E-state index in [9.17, 15) is 13.2 Å². The van der Waals surface area contributed by atoms with Gasteiger partial charge >= 0.3 is 5.97 Å². The zero-order valence-electron chi connectivity index (χ0n) is 15.6. The molecule has 146 valence electrons. The van der Waals surface area contributed by atoms with E-state index in [1.54, 1.807) is 26.0 Å². The molecule has 0 aliphatic rings. The first-order chi connectivity index (χ1) is 13.4. The van der Waals surface area contributed by atoms with Gasteiger partial charge in [-0.15, -0.1) is 0 Å². The van der Waals surface area contributed by atoms with E-state index in [2.05, 4.69) is 0 Å². The molecule has 5 nitrogen and oxygen atoms in total. The van der Waals surface area contributed by atoms with Crippen LogP contribution in [0.5, 0.6) is 5.75 Å². The lowest BCUT2D eigenvalue weighted by atomic mass is 10.1. The fourth-order valence-electron chi connectivity index (χ4n) is 2.93. The number of rotatable bonds is 6. The molecule has 0 bridgehead atoms. The van der Waals surface area contributed by atoms with Crippen molar-refractivity contribution < 1.29 is 17.9 Å². The van der Waals surface area contributed by atoms with Crippen LogP contribution in [-0.4, -0.2) is 31.8 Å². The molecule has 0 aromatic heterocycles. The summed E-state index contributed by atoms with van der Waals surface area (Å²) in [6, 6.07) is 17.0. The number of hydrogen-bond acceptors (Lipinski definition) is 4. The van der Waals surface area contributed by atoms with Gasteiger partial charge in [0.15, 0.2) is 0 Å². The summed E-state index contributed by atoms with van der Waals surface area (Å²) in [4.78, 5) is 12.6. The smallest absolute Gasteiger partial charge is 0.345 e. The predicted octanol–water partition coefficient (Wildman–Crippen LogP) is 4.74. The Labute approximate surface area is 169 Å². The molecular weight excluding hydrogens is 398 g/mol. The Hall–Kier alpha value is -2.41. The van der Waals surface area contributed by atoms with Crippen LogP contribution in [0.3, 0.4) is 0 Å². The zero-order valence-corrected chi connectivity index (χ0v) is 17.1. The number of hydrogen-bond donors (Lipinski definition) is 0. The molecule has 0 spiro atoms. The zero-order chi connectivity index (χ0) is 20.3. The van der Waals surface area contributed by atoms with Gasteiger partial charge in [-0.25, -0.2) is 13.2 Å². The summed E-state index contributed by atoms with van der Waals surface area (Å²) in [6.45, 7) is 4.17. The lowest BCUT2D eigenvalue weighted by Gasteiger charge is -2.19. The van der Waals surface area contributed by atoms with Gasteiger partial charge in [-0.3, -0.25) is 0 Å². The summed E-state index contributed by atoms with van der Waals surface area (Å²) < 4.78 is 32.2. The van der Waals surface area contributed by atoms with E-state index in [1.807, 2.05) is 30.3 Å². The first-order valence-corrected chi connectivity index (χ1v) is 10.7. The quantitative estimate of drug-likeness (QED) is 0.429. The van der Waals surface area contributed by atoms with Crippen LogP contribution in [0.1, 0.15) is 24.2 Å². The molecule has 0 aliphatic carbocycles. The van der Waals surface area contributed by atoms with Gasteiger partial charge in [0.25, 0.3) is 0 Å². The molecule has 0 atom stereocenters. The van der Waals surface area contributed by atoms with E-state index in [4.69, 9.17) is 16.3 Å². The first-order valence-electron chi connectivity index (χ1n) is 8.87. The number of nitrogens with zero attached hydrogens (tertiary/aromatic N) is 1. The summed E-state index contributed by atoms with van der Waals surface area (Å²) in [5, 5.41) is 2.08. The Morgan fingerprint density at radius 3 is 2.32 bits per heavy atom. The van der Waals surface area contributed by atoms with Crippen molar-refractivity contribution in [1.29, 1.82) is 0 Å². The molecule has 0 saturated carbocycles. The Morgan fingerprint density at radius 1 is 0.964 bits per heavy atom. The highest BCUT2D eigenvalue weighted by atomic mass is 35.5. The maximum atomic E-state index is 12.7. The van der Waals surface area contributed by atoms with Gasteiger partial charge in [-0.05, 0) is 41.1 Å². The van der Waals surface area contributed by atoms with Crippen LogP contribution in [0.15, 0.2) is 65.6 Å². The molecule has 0 saturated heterocycles. The molecule has 0 amide bonds. The number of carbonyl (C=O) groups excluding carboxylic acids is 1. The topological polar surface area (TPSA) is 63.7 Å². The monoisotopic (exact) mass is 417 g/mol. The molecule has 0 radical (unpaired) electrons. The summed E-state index contributed by atoms with van der Waals surface area (Å²) >= 11 is 6.14. The molecule has 3 aromatic rings. The lowest BCUT2D eigenvalue weighted by Crippen LogP contribution is -2.30. The van der Waals surface area contributed by atoms with Gasteiger partial charge in [0.05, 0.1) is 15.5 Å². The van der Waals surface area contributed by atoms with E-state index in [1.165, 1.54) is 22.5 Å². The number of carbonyl (C=O) groups is 1. The highest BCUT2D eigenvalue weighted by Crippen LogP contribution is 2.26. The van der Waals surface area contributed by atoms with Crippen LogP contribution in [-0.2, 0) is 10.0 Å². The van der Waals surface area contributed by atoms with Gasteiger partial charge in [-0.1, -0.05) is 55.8 Å². The van der Waals surface area contributed by atoms with E-state index < -0.39 is 16.0 Å². The average Bonchev–Trinajstić information content (AvgIpc) is 2.68. The normalized spacial score (nSPS) is 11.7. The predicted molar refractivity (Wildman–Crippen MR) is 110 cm³/mol. The second kappa shape index (κ2) is 8.31. The lowest BCUT2D eigenvalue weighted by molar-refractivity contribution is 0.0735. The Bertz CT molecular complexity index is 1120. The third-order valence-corrected chi connectivity index (χ3v) is 6.81. The second-order valence-corrected chi connectivity index (χ2v) is 8.47. The first kappa shape index (κ1) is 20.3. The number of benzene rings is 3. The summed E-state index contributed by atoms with van der Waals surface area (Å²) in [7, 11) is -3.71. The molecular formula is C21H20ClNO4S. The van der Waals surface area contributed by atoms with Crippen LogP contribution in [0.4, 0.5) is 0 Å². The standard InChI is InChI=1S/C21H20ClNO4S/c1-3-23(4-2)28(25,26)18-11-12-20(22)19(14-18)21(24)27-17-10-9-15-7-5-6-8-16(15)13-17/h5-14H,3-4H2,1-2H3. The van der Waals surface area contributed by atoms with Crippen LogP contribution in [0.2, 0.25) is 5.02 Å². The van der Waals surface area contributed by atoms with Crippen molar-refractivity contribution in [2.24, 2.45) is 0 Å². The maximum Gasteiger partial charge on any atom is 0.345 e. The molecule has 28 heavy (non-hydrogen) atoms. The third-order valence-electron chi connectivity index (χ3n) is 4.43. The van der Waals surface area contributed by atoms with Crippen molar-refractivity contribution in [3.63, 3.8) is 0 Å². The number of ether oxygens (including phenoxy) is 1. The molecule has 0 heterocycles. The SMILES string of the molecule is CCN(CC)S(=O)(=O)c1ccc(Cl)c(C(=O)Oc2ccc3ccccc3c2)c1. The van der Waals surface area contributed by atoms with Crippen molar-refractivity contribution >= 4 is 38.4 Å². The van der Waals surface area contributed by atoms with Crippen LogP contribution >= 0.6 is 11.6 Å². The van der Waals surface area contributed by atoms with Crippen LogP contribution < -0.4 is 4.74 Å². The van der Waals surface area contributed by atoms with Gasteiger partial charge in [0, 0.05) is 13.1 Å².